The highest BCUT2D eigenvalue weighted by Crippen LogP contribution is 2.53. The molecule has 3 aromatic rings. The molecule has 0 spiro atoms. The van der Waals surface area contributed by atoms with Crippen LogP contribution in [0.3, 0.4) is 0 Å². The highest BCUT2D eigenvalue weighted by atomic mass is 16.7. The second-order valence-corrected chi connectivity index (χ2v) is 15.0. The van der Waals surface area contributed by atoms with E-state index in [1.54, 1.807) is 6.08 Å². The summed E-state index contributed by atoms with van der Waals surface area (Å²) in [4.78, 5) is 14.6. The zero-order chi connectivity index (χ0) is 33.2. The number of carbonyl (C=O) groups excluding carboxylic acids is 1. The number of alkyl carbamates (subject to hydrolysis) is 1. The molecule has 0 aromatic heterocycles. The lowest BCUT2D eigenvalue weighted by molar-refractivity contribution is -0.276. The van der Waals surface area contributed by atoms with Crippen molar-refractivity contribution < 1.29 is 24.1 Å². The van der Waals surface area contributed by atoms with Crippen LogP contribution >= 0.6 is 0 Å². The molecule has 2 bridgehead atoms. The Morgan fingerprint density at radius 1 is 1.00 bits per heavy atom. The van der Waals surface area contributed by atoms with Crippen molar-refractivity contribution in [1.29, 1.82) is 0 Å². The molecule has 7 nitrogen and oxygen atoms in total. The van der Waals surface area contributed by atoms with Gasteiger partial charge in [0.25, 0.3) is 0 Å². The van der Waals surface area contributed by atoms with Gasteiger partial charge in [0.1, 0.15) is 6.61 Å². The largest absolute Gasteiger partial charge is 0.445 e. The van der Waals surface area contributed by atoms with Crippen molar-refractivity contribution in [3.63, 3.8) is 0 Å². The van der Waals surface area contributed by atoms with E-state index >= 15 is 0 Å². The van der Waals surface area contributed by atoms with Gasteiger partial charge in [0, 0.05) is 37.2 Å². The number of hydrogen-bond donors (Lipinski definition) is 2. The van der Waals surface area contributed by atoms with Crippen molar-refractivity contribution in [3.8, 4) is 11.1 Å². The van der Waals surface area contributed by atoms with Crippen molar-refractivity contribution in [3.05, 3.63) is 108 Å². The first-order valence-electron chi connectivity index (χ1n) is 17.0. The Labute approximate surface area is 279 Å². The quantitative estimate of drug-likeness (QED) is 0.220. The summed E-state index contributed by atoms with van der Waals surface area (Å²) in [6.45, 7) is 15.7. The molecule has 1 aliphatic carbocycles. The maximum absolute atomic E-state index is 11.9. The zero-order valence-corrected chi connectivity index (χ0v) is 28.3. The standard InChI is InChI=1S/C40H50N2O5/c1-6-17-45-38(44)41-22-29-9-7-10-31(18-29)32-11-8-12-33(19-32)37-46-35(23-42-26-40(5)21-34(42)20-39(3,4)25-40)27(2)36(47-37)30-15-13-28(24-43)14-16-30/h6-16,18-19,27,34-37,43H,1,17,20-26H2,2-5H3,(H,41,44). The Bertz CT molecular complexity index is 1550. The number of amides is 1. The van der Waals surface area contributed by atoms with Crippen LogP contribution in [0, 0.1) is 16.7 Å². The summed E-state index contributed by atoms with van der Waals surface area (Å²) in [5, 5.41) is 12.4. The van der Waals surface area contributed by atoms with Gasteiger partial charge in [-0.05, 0) is 70.0 Å². The molecule has 7 heteroatoms. The number of fused-ring (bicyclic) bond motifs is 2. The molecule has 3 fully saturated rings. The minimum Gasteiger partial charge on any atom is -0.445 e. The summed E-state index contributed by atoms with van der Waals surface area (Å²) in [5.74, 6) is 0.137. The SMILES string of the molecule is C=CCOC(=O)NCc1cccc(-c2cccc(C3OC(CN4CC5(C)CC4CC(C)(C)C5)C(C)C(c4ccc(CO)cc4)O3)c2)c1. The number of rotatable bonds is 10. The summed E-state index contributed by atoms with van der Waals surface area (Å²) < 4.78 is 18.8. The van der Waals surface area contributed by atoms with Gasteiger partial charge in [-0.2, -0.15) is 0 Å². The predicted octanol–water partition coefficient (Wildman–Crippen LogP) is 7.95. The lowest BCUT2D eigenvalue weighted by atomic mass is 9.65. The fraction of sp³-hybridized carbons (Fsp3) is 0.475. The average molecular weight is 639 g/mol. The van der Waals surface area contributed by atoms with E-state index in [0.29, 0.717) is 23.4 Å². The summed E-state index contributed by atoms with van der Waals surface area (Å²) in [5.41, 5.74) is 6.74. The van der Waals surface area contributed by atoms with Crippen LogP contribution < -0.4 is 5.32 Å². The van der Waals surface area contributed by atoms with E-state index in [1.807, 2.05) is 24.3 Å². The van der Waals surface area contributed by atoms with Crippen LogP contribution in [0.25, 0.3) is 11.1 Å². The van der Waals surface area contributed by atoms with Crippen LogP contribution in [0.5, 0.6) is 0 Å². The van der Waals surface area contributed by atoms with Gasteiger partial charge >= 0.3 is 6.09 Å². The number of hydrogen-bond acceptors (Lipinski definition) is 6. The molecule has 3 aromatic carbocycles. The van der Waals surface area contributed by atoms with Gasteiger partial charge in [-0.1, -0.05) is 101 Å². The molecule has 2 aliphatic heterocycles. The van der Waals surface area contributed by atoms with Crippen molar-refractivity contribution in [2.45, 2.75) is 84.6 Å². The van der Waals surface area contributed by atoms with Gasteiger partial charge in [-0.15, -0.1) is 0 Å². The topological polar surface area (TPSA) is 80.3 Å². The second kappa shape index (κ2) is 13.9. The monoisotopic (exact) mass is 638 g/mol. The number of likely N-dealkylation sites (tertiary alicyclic amines) is 1. The Morgan fingerprint density at radius 3 is 2.49 bits per heavy atom. The van der Waals surface area contributed by atoms with Crippen molar-refractivity contribution in [2.75, 3.05) is 19.7 Å². The highest BCUT2D eigenvalue weighted by Gasteiger charge is 2.51. The number of carbonyl (C=O) groups is 1. The molecule has 47 heavy (non-hydrogen) atoms. The summed E-state index contributed by atoms with van der Waals surface area (Å²) in [6.07, 6.45) is 4.13. The smallest absolute Gasteiger partial charge is 0.407 e. The lowest BCUT2D eigenvalue weighted by Crippen LogP contribution is -2.46. The first-order valence-corrected chi connectivity index (χ1v) is 17.0. The van der Waals surface area contributed by atoms with Gasteiger partial charge < -0.3 is 24.6 Å². The minimum atomic E-state index is -0.530. The van der Waals surface area contributed by atoms with Gasteiger partial charge in [-0.3, -0.25) is 4.90 Å². The molecule has 2 N–H and O–H groups in total. The molecule has 1 saturated carbocycles. The molecular weight excluding hydrogens is 588 g/mol. The Balaban J connectivity index is 1.24. The van der Waals surface area contributed by atoms with E-state index in [-0.39, 0.29) is 31.3 Å². The van der Waals surface area contributed by atoms with Gasteiger partial charge in [0.05, 0.1) is 18.8 Å². The van der Waals surface area contributed by atoms with E-state index in [9.17, 15) is 9.90 Å². The summed E-state index contributed by atoms with van der Waals surface area (Å²) in [7, 11) is 0. The molecule has 6 rings (SSSR count). The fourth-order valence-corrected chi connectivity index (χ4v) is 8.44. The average Bonchev–Trinajstić information content (AvgIpc) is 3.30. The van der Waals surface area contributed by atoms with E-state index in [2.05, 4.69) is 93.0 Å². The molecule has 2 saturated heterocycles. The second-order valence-electron chi connectivity index (χ2n) is 15.0. The molecule has 6 atom stereocenters. The molecule has 250 valence electrons. The number of benzene rings is 3. The van der Waals surface area contributed by atoms with E-state index in [4.69, 9.17) is 14.2 Å². The third-order valence-corrected chi connectivity index (χ3v) is 10.2. The van der Waals surface area contributed by atoms with Crippen LogP contribution in [0.15, 0.2) is 85.5 Å². The molecule has 3 aliphatic rings. The van der Waals surface area contributed by atoms with Crippen LogP contribution in [-0.4, -0.2) is 47.9 Å². The van der Waals surface area contributed by atoms with Crippen molar-refractivity contribution in [1.82, 2.24) is 10.2 Å². The first-order chi connectivity index (χ1) is 22.5. The predicted molar refractivity (Wildman–Crippen MR) is 184 cm³/mol. The van der Waals surface area contributed by atoms with Crippen molar-refractivity contribution >= 4 is 6.09 Å². The normalized spacial score (nSPS) is 28.5. The Kier molecular flexibility index (Phi) is 9.90. The summed E-state index contributed by atoms with van der Waals surface area (Å²) >= 11 is 0. The minimum absolute atomic E-state index is 0.0127. The van der Waals surface area contributed by atoms with E-state index < -0.39 is 12.4 Å². The summed E-state index contributed by atoms with van der Waals surface area (Å²) in [6, 6.07) is 25.3. The third-order valence-electron chi connectivity index (χ3n) is 10.2. The number of nitrogens with zero attached hydrogens (tertiary/aromatic N) is 1. The molecule has 0 radical (unpaired) electrons. The molecule has 6 unspecified atom stereocenters. The van der Waals surface area contributed by atoms with Crippen LogP contribution in [0.1, 0.15) is 81.6 Å². The maximum atomic E-state index is 11.9. The molecule has 1 amide bonds. The number of nitrogens with one attached hydrogen (secondary N) is 1. The van der Waals surface area contributed by atoms with Crippen LogP contribution in [-0.2, 0) is 27.4 Å². The number of aliphatic hydroxyl groups excluding tert-OH is 1. The zero-order valence-electron chi connectivity index (χ0n) is 28.3. The fourth-order valence-electron chi connectivity index (χ4n) is 8.44. The molecular formula is C40H50N2O5. The van der Waals surface area contributed by atoms with E-state index in [0.717, 1.165) is 46.5 Å². The van der Waals surface area contributed by atoms with Gasteiger partial charge in [-0.25, -0.2) is 4.79 Å². The van der Waals surface area contributed by atoms with E-state index in [1.165, 1.54) is 19.3 Å². The van der Waals surface area contributed by atoms with Crippen LogP contribution in [0.4, 0.5) is 4.79 Å². The lowest BCUT2D eigenvalue weighted by Gasteiger charge is -2.43. The van der Waals surface area contributed by atoms with Gasteiger partial charge in [0.2, 0.25) is 0 Å². The number of aliphatic hydroxyl groups is 1. The Hall–Kier alpha value is -3.49. The third kappa shape index (κ3) is 7.81. The molecule has 2 heterocycles. The maximum Gasteiger partial charge on any atom is 0.407 e. The highest BCUT2D eigenvalue weighted by molar-refractivity contribution is 5.68. The Morgan fingerprint density at radius 2 is 1.74 bits per heavy atom. The van der Waals surface area contributed by atoms with Crippen molar-refractivity contribution in [2.24, 2.45) is 16.7 Å². The number of ether oxygens (including phenoxy) is 3. The van der Waals surface area contributed by atoms with Crippen LogP contribution in [0.2, 0.25) is 0 Å². The first kappa shape index (κ1) is 33.4. The van der Waals surface area contributed by atoms with Gasteiger partial charge in [0.15, 0.2) is 6.29 Å².